The molecule has 128 valence electrons. The van der Waals surface area contributed by atoms with E-state index in [1.165, 1.54) is 36.0 Å². The minimum Gasteiger partial charge on any atom is -0.340 e. The van der Waals surface area contributed by atoms with Crippen molar-refractivity contribution in [2.24, 2.45) is 0 Å². The zero-order valence-electron chi connectivity index (χ0n) is 12.7. The second-order valence-electron chi connectivity index (χ2n) is 5.11. The third-order valence-electron chi connectivity index (χ3n) is 3.24. The van der Waals surface area contributed by atoms with Crippen LogP contribution in [0.1, 0.15) is 18.5 Å². The number of halogens is 4. The molecule has 0 spiro atoms. The van der Waals surface area contributed by atoms with Gasteiger partial charge in [-0.3, -0.25) is 4.79 Å². The van der Waals surface area contributed by atoms with Gasteiger partial charge in [0.15, 0.2) is 6.04 Å². The molecular weight excluding hydrogens is 359 g/mol. The lowest BCUT2D eigenvalue weighted by molar-refractivity contribution is -0.163. The maximum absolute atomic E-state index is 13.3. The van der Waals surface area contributed by atoms with Crippen LogP contribution in [-0.2, 0) is 4.79 Å². The Morgan fingerprint density at radius 1 is 1.08 bits per heavy atom. The van der Waals surface area contributed by atoms with Crippen molar-refractivity contribution < 1.29 is 18.0 Å². The standard InChI is InChI=1S/C17H15ClF3NOS/c1-11(24-14-9-7-13(18)8-10-14)16(23)22-15(17(19,20)21)12-5-3-2-4-6-12/h2-11,15H,1H3,(H,22,23). The Morgan fingerprint density at radius 2 is 1.67 bits per heavy atom. The van der Waals surface area contributed by atoms with E-state index in [0.717, 1.165) is 4.90 Å². The molecule has 2 atom stereocenters. The molecule has 0 bridgehead atoms. The van der Waals surface area contributed by atoms with E-state index >= 15 is 0 Å². The average Bonchev–Trinajstić information content (AvgIpc) is 2.54. The van der Waals surface area contributed by atoms with Gasteiger partial charge in [-0.2, -0.15) is 13.2 Å². The maximum atomic E-state index is 13.3. The van der Waals surface area contributed by atoms with Crippen molar-refractivity contribution in [2.45, 2.75) is 29.3 Å². The molecule has 2 aromatic carbocycles. The third-order valence-corrected chi connectivity index (χ3v) is 4.61. The van der Waals surface area contributed by atoms with Gasteiger partial charge in [0.25, 0.3) is 0 Å². The van der Waals surface area contributed by atoms with E-state index in [1.54, 1.807) is 37.3 Å². The van der Waals surface area contributed by atoms with Crippen LogP contribution in [0.3, 0.4) is 0 Å². The van der Waals surface area contributed by atoms with Gasteiger partial charge < -0.3 is 5.32 Å². The van der Waals surface area contributed by atoms with Gasteiger partial charge in [0.05, 0.1) is 5.25 Å². The number of alkyl halides is 3. The second kappa shape index (κ2) is 7.94. The number of carbonyl (C=O) groups is 1. The molecule has 0 radical (unpaired) electrons. The summed E-state index contributed by atoms with van der Waals surface area (Å²) in [5.74, 6) is -0.680. The van der Waals surface area contributed by atoms with E-state index in [-0.39, 0.29) is 5.56 Å². The topological polar surface area (TPSA) is 29.1 Å². The number of amides is 1. The summed E-state index contributed by atoms with van der Waals surface area (Å²) in [6.07, 6.45) is -4.57. The predicted molar refractivity (Wildman–Crippen MR) is 90.2 cm³/mol. The van der Waals surface area contributed by atoms with Crippen LogP contribution in [0.5, 0.6) is 0 Å². The van der Waals surface area contributed by atoms with Crippen LogP contribution in [0, 0.1) is 0 Å². The minimum atomic E-state index is -4.57. The summed E-state index contributed by atoms with van der Waals surface area (Å²) in [5, 5.41) is 1.97. The number of carbonyl (C=O) groups excluding carboxylic acids is 1. The Kier molecular flexibility index (Phi) is 6.18. The summed E-state index contributed by atoms with van der Waals surface area (Å²) in [6.45, 7) is 1.56. The lowest BCUT2D eigenvalue weighted by Crippen LogP contribution is -2.41. The fourth-order valence-corrected chi connectivity index (χ4v) is 3.03. The van der Waals surface area contributed by atoms with Crippen molar-refractivity contribution in [1.82, 2.24) is 5.32 Å². The Bertz CT molecular complexity index is 676. The van der Waals surface area contributed by atoms with Crippen molar-refractivity contribution in [1.29, 1.82) is 0 Å². The van der Waals surface area contributed by atoms with Crippen molar-refractivity contribution in [3.05, 3.63) is 65.2 Å². The van der Waals surface area contributed by atoms with E-state index in [1.807, 2.05) is 0 Å². The van der Waals surface area contributed by atoms with Crippen molar-refractivity contribution >= 4 is 29.3 Å². The molecule has 0 aliphatic heterocycles. The van der Waals surface area contributed by atoms with E-state index in [0.29, 0.717) is 5.02 Å². The fraction of sp³-hybridized carbons (Fsp3) is 0.235. The number of hydrogen-bond acceptors (Lipinski definition) is 2. The van der Waals surface area contributed by atoms with Crippen LogP contribution in [0.15, 0.2) is 59.5 Å². The third kappa shape index (κ3) is 5.18. The van der Waals surface area contributed by atoms with Gasteiger partial charge in [0, 0.05) is 9.92 Å². The molecule has 24 heavy (non-hydrogen) atoms. The first-order chi connectivity index (χ1) is 11.3. The number of hydrogen-bond donors (Lipinski definition) is 1. The fourth-order valence-electron chi connectivity index (χ4n) is 2.03. The van der Waals surface area contributed by atoms with Gasteiger partial charge in [0.2, 0.25) is 5.91 Å². The van der Waals surface area contributed by atoms with Gasteiger partial charge in [0.1, 0.15) is 0 Å². The molecule has 7 heteroatoms. The molecule has 1 amide bonds. The highest BCUT2D eigenvalue weighted by Gasteiger charge is 2.42. The van der Waals surface area contributed by atoms with Gasteiger partial charge in [-0.1, -0.05) is 41.9 Å². The van der Waals surface area contributed by atoms with Gasteiger partial charge in [-0.25, -0.2) is 0 Å². The zero-order valence-corrected chi connectivity index (χ0v) is 14.3. The van der Waals surface area contributed by atoms with Gasteiger partial charge in [-0.05, 0) is 36.8 Å². The zero-order chi connectivity index (χ0) is 17.7. The Morgan fingerprint density at radius 3 is 2.21 bits per heavy atom. The van der Waals surface area contributed by atoms with E-state index < -0.39 is 23.4 Å². The molecule has 0 heterocycles. The lowest BCUT2D eigenvalue weighted by Gasteiger charge is -2.23. The summed E-state index contributed by atoms with van der Waals surface area (Å²) < 4.78 is 39.8. The summed E-state index contributed by atoms with van der Waals surface area (Å²) in [7, 11) is 0. The summed E-state index contributed by atoms with van der Waals surface area (Å²) in [6, 6.07) is 12.1. The molecule has 2 aromatic rings. The van der Waals surface area contributed by atoms with Crippen molar-refractivity contribution in [3.8, 4) is 0 Å². The number of benzene rings is 2. The second-order valence-corrected chi connectivity index (χ2v) is 6.96. The summed E-state index contributed by atoms with van der Waals surface area (Å²) >= 11 is 6.95. The van der Waals surface area contributed by atoms with Crippen LogP contribution in [0.4, 0.5) is 13.2 Å². The first-order valence-electron chi connectivity index (χ1n) is 7.11. The first kappa shape index (κ1) is 18.7. The highest BCUT2D eigenvalue weighted by Crippen LogP contribution is 2.33. The molecule has 2 nitrogen and oxygen atoms in total. The summed E-state index contributed by atoms with van der Waals surface area (Å²) in [5.41, 5.74) is 0.00189. The number of thioether (sulfide) groups is 1. The molecule has 0 saturated heterocycles. The molecule has 1 N–H and O–H groups in total. The van der Waals surface area contributed by atoms with Crippen LogP contribution < -0.4 is 5.32 Å². The Labute approximate surface area is 147 Å². The van der Waals surface area contributed by atoms with Crippen LogP contribution in [-0.4, -0.2) is 17.3 Å². The molecule has 0 fully saturated rings. The maximum Gasteiger partial charge on any atom is 0.412 e. The molecule has 2 unspecified atom stereocenters. The first-order valence-corrected chi connectivity index (χ1v) is 8.37. The van der Waals surface area contributed by atoms with E-state index in [4.69, 9.17) is 11.6 Å². The SMILES string of the molecule is CC(Sc1ccc(Cl)cc1)C(=O)NC(c1ccccc1)C(F)(F)F. The molecule has 0 aromatic heterocycles. The normalized spacial score (nSPS) is 14.0. The van der Waals surface area contributed by atoms with Crippen LogP contribution >= 0.6 is 23.4 Å². The van der Waals surface area contributed by atoms with Crippen LogP contribution in [0.2, 0.25) is 5.02 Å². The van der Waals surface area contributed by atoms with Crippen LogP contribution in [0.25, 0.3) is 0 Å². The van der Waals surface area contributed by atoms with Crippen molar-refractivity contribution in [3.63, 3.8) is 0 Å². The molecule has 0 aliphatic rings. The lowest BCUT2D eigenvalue weighted by atomic mass is 10.1. The molecular formula is C17H15ClF3NOS. The smallest absolute Gasteiger partial charge is 0.340 e. The highest BCUT2D eigenvalue weighted by molar-refractivity contribution is 8.00. The Hall–Kier alpha value is -1.66. The largest absolute Gasteiger partial charge is 0.412 e. The molecule has 2 rings (SSSR count). The number of nitrogens with one attached hydrogen (secondary N) is 1. The van der Waals surface area contributed by atoms with E-state index in [2.05, 4.69) is 5.32 Å². The monoisotopic (exact) mass is 373 g/mol. The molecule has 0 saturated carbocycles. The molecule has 0 aliphatic carbocycles. The Balaban J connectivity index is 2.08. The van der Waals surface area contributed by atoms with Crippen molar-refractivity contribution in [2.75, 3.05) is 0 Å². The predicted octanol–water partition coefficient (Wildman–Crippen LogP) is 5.24. The van der Waals surface area contributed by atoms with E-state index in [9.17, 15) is 18.0 Å². The average molecular weight is 374 g/mol. The van der Waals surface area contributed by atoms with Gasteiger partial charge in [-0.15, -0.1) is 11.8 Å². The van der Waals surface area contributed by atoms with Gasteiger partial charge >= 0.3 is 6.18 Å². The minimum absolute atomic E-state index is 0.00189. The summed E-state index contributed by atoms with van der Waals surface area (Å²) in [4.78, 5) is 12.9. The number of rotatable bonds is 5. The highest BCUT2D eigenvalue weighted by atomic mass is 35.5. The quantitative estimate of drug-likeness (QED) is 0.726.